The maximum atomic E-state index is 11.2. The van der Waals surface area contributed by atoms with Crippen LogP contribution in [-0.2, 0) is 0 Å². The van der Waals surface area contributed by atoms with Gasteiger partial charge in [0, 0.05) is 17.7 Å². The van der Waals surface area contributed by atoms with E-state index in [2.05, 4.69) is 0 Å². The van der Waals surface area contributed by atoms with Crippen LogP contribution >= 0.6 is 0 Å². The summed E-state index contributed by atoms with van der Waals surface area (Å²) in [6.07, 6.45) is 0. The lowest BCUT2D eigenvalue weighted by molar-refractivity contribution is -0.393. The second-order valence-corrected chi connectivity index (χ2v) is 4.66. The number of benzene rings is 2. The van der Waals surface area contributed by atoms with Crippen molar-refractivity contribution in [2.24, 2.45) is 0 Å². The van der Waals surface area contributed by atoms with Crippen LogP contribution in [0.1, 0.15) is 0 Å². The molecule has 0 atom stereocenters. The molecule has 2 aromatic rings. The van der Waals surface area contributed by atoms with Gasteiger partial charge < -0.3 is 5.73 Å². The van der Waals surface area contributed by atoms with Gasteiger partial charge in [0.05, 0.1) is 37.4 Å². The van der Waals surface area contributed by atoms with Crippen LogP contribution in [0.15, 0.2) is 30.3 Å². The summed E-state index contributed by atoms with van der Waals surface area (Å²) >= 11 is 0. The molecular weight excluding hydrogens is 342 g/mol. The van der Waals surface area contributed by atoms with Crippen molar-refractivity contribution in [3.05, 3.63) is 70.8 Å². The van der Waals surface area contributed by atoms with Crippen molar-refractivity contribution >= 4 is 28.4 Å². The average molecular weight is 349 g/mol. The first-order valence-electron chi connectivity index (χ1n) is 6.29. The van der Waals surface area contributed by atoms with Gasteiger partial charge in [-0.05, 0) is 6.07 Å². The van der Waals surface area contributed by atoms with Crippen molar-refractivity contribution in [3.63, 3.8) is 0 Å². The van der Waals surface area contributed by atoms with Gasteiger partial charge in [-0.1, -0.05) is 0 Å². The number of nitro benzene ring substituents is 4. The smallest absolute Gasteiger partial charge is 0.299 e. The fraction of sp³-hybridized carbons (Fsp3) is 0. The highest BCUT2D eigenvalue weighted by Crippen LogP contribution is 2.41. The number of anilines is 1. The van der Waals surface area contributed by atoms with E-state index < -0.39 is 48.1 Å². The van der Waals surface area contributed by atoms with E-state index in [1.54, 1.807) is 0 Å². The zero-order chi connectivity index (χ0) is 18.9. The quantitative estimate of drug-likeness (QED) is 0.478. The molecule has 0 fully saturated rings. The Kier molecular flexibility index (Phi) is 4.23. The van der Waals surface area contributed by atoms with Crippen molar-refractivity contribution in [2.75, 3.05) is 5.73 Å². The molecule has 0 aromatic heterocycles. The molecule has 0 radical (unpaired) electrons. The number of nitrogen functional groups attached to an aromatic ring is 1. The monoisotopic (exact) mass is 349 g/mol. The molecule has 2 N–H and O–H groups in total. The predicted molar refractivity (Wildman–Crippen MR) is 82.9 cm³/mol. The minimum atomic E-state index is -0.969. The molecular formula is C12H7N5O8. The third-order valence-corrected chi connectivity index (χ3v) is 3.23. The standard InChI is InChI=1S/C12H7N5O8/c13-12-9(3-7(15(20)21)5-11(12)17(24)25)8-2-1-6(14(18)19)4-10(8)16(22)23/h1-5H,13H2. The van der Waals surface area contributed by atoms with E-state index in [9.17, 15) is 40.5 Å². The Labute approximate surface area is 136 Å². The number of nitro groups is 4. The molecule has 0 unspecified atom stereocenters. The second-order valence-electron chi connectivity index (χ2n) is 4.66. The summed E-state index contributed by atoms with van der Waals surface area (Å²) in [5, 5.41) is 43.9. The van der Waals surface area contributed by atoms with Gasteiger partial charge in [0.15, 0.2) is 0 Å². The van der Waals surface area contributed by atoms with Crippen molar-refractivity contribution < 1.29 is 19.7 Å². The molecule has 0 spiro atoms. The number of nitrogens with two attached hydrogens (primary N) is 1. The van der Waals surface area contributed by atoms with E-state index in [0.29, 0.717) is 12.1 Å². The normalized spacial score (nSPS) is 10.2. The maximum Gasteiger partial charge on any atom is 0.299 e. The molecule has 0 saturated carbocycles. The summed E-state index contributed by atoms with van der Waals surface area (Å²) in [7, 11) is 0. The number of non-ortho nitro benzene ring substituents is 2. The van der Waals surface area contributed by atoms with E-state index in [0.717, 1.165) is 18.2 Å². The van der Waals surface area contributed by atoms with E-state index >= 15 is 0 Å². The summed E-state index contributed by atoms with van der Waals surface area (Å²) in [5.41, 5.74) is 1.56. The van der Waals surface area contributed by atoms with Crippen LogP contribution in [0, 0.1) is 40.5 Å². The molecule has 2 rings (SSSR count). The van der Waals surface area contributed by atoms with Gasteiger partial charge in [0.1, 0.15) is 5.69 Å². The summed E-state index contributed by atoms with van der Waals surface area (Å²) in [6.45, 7) is 0. The highest BCUT2D eigenvalue weighted by Gasteiger charge is 2.28. The summed E-state index contributed by atoms with van der Waals surface area (Å²) in [4.78, 5) is 40.2. The zero-order valence-electron chi connectivity index (χ0n) is 12.0. The minimum absolute atomic E-state index is 0.320. The highest BCUT2D eigenvalue weighted by atomic mass is 16.6. The largest absolute Gasteiger partial charge is 0.393 e. The van der Waals surface area contributed by atoms with Gasteiger partial charge in [-0.2, -0.15) is 0 Å². The lowest BCUT2D eigenvalue weighted by Gasteiger charge is -2.07. The van der Waals surface area contributed by atoms with Crippen LogP contribution in [0.5, 0.6) is 0 Å². The molecule has 2 aromatic carbocycles. The van der Waals surface area contributed by atoms with Gasteiger partial charge in [-0.3, -0.25) is 40.5 Å². The maximum absolute atomic E-state index is 11.2. The average Bonchev–Trinajstić information content (AvgIpc) is 2.53. The molecule has 0 aliphatic rings. The number of hydrogen-bond acceptors (Lipinski definition) is 9. The molecule has 0 heterocycles. The van der Waals surface area contributed by atoms with Crippen molar-refractivity contribution in [1.82, 2.24) is 0 Å². The van der Waals surface area contributed by atoms with Crippen molar-refractivity contribution in [1.29, 1.82) is 0 Å². The molecule has 0 bridgehead atoms. The number of hydrogen-bond donors (Lipinski definition) is 1. The second kappa shape index (κ2) is 6.15. The molecule has 0 amide bonds. The first-order chi connectivity index (χ1) is 11.6. The van der Waals surface area contributed by atoms with Gasteiger partial charge in [0.2, 0.25) is 0 Å². The Hall–Kier alpha value is -4.16. The van der Waals surface area contributed by atoms with Crippen molar-refractivity contribution in [3.8, 4) is 11.1 Å². The van der Waals surface area contributed by atoms with E-state index in [1.165, 1.54) is 0 Å². The first kappa shape index (κ1) is 17.2. The molecule has 128 valence electrons. The SMILES string of the molecule is Nc1c(-c2ccc([N+](=O)[O-])cc2[N+](=O)[O-])cc([N+](=O)[O-])cc1[N+](=O)[O-]. The van der Waals surface area contributed by atoms with Gasteiger partial charge in [0.25, 0.3) is 22.7 Å². The Morgan fingerprint density at radius 2 is 1.16 bits per heavy atom. The van der Waals surface area contributed by atoms with Crippen LogP contribution in [0.4, 0.5) is 28.4 Å². The zero-order valence-corrected chi connectivity index (χ0v) is 12.0. The lowest BCUT2D eigenvalue weighted by atomic mass is 9.99. The van der Waals surface area contributed by atoms with Crippen LogP contribution in [0.25, 0.3) is 11.1 Å². The van der Waals surface area contributed by atoms with Gasteiger partial charge >= 0.3 is 0 Å². The van der Waals surface area contributed by atoms with Gasteiger partial charge in [-0.15, -0.1) is 0 Å². The molecule has 0 saturated heterocycles. The summed E-state index contributed by atoms with van der Waals surface area (Å²) < 4.78 is 0. The van der Waals surface area contributed by atoms with Crippen LogP contribution < -0.4 is 5.73 Å². The van der Waals surface area contributed by atoms with E-state index in [1.807, 2.05) is 0 Å². The fourth-order valence-electron chi connectivity index (χ4n) is 2.11. The third-order valence-electron chi connectivity index (χ3n) is 3.23. The van der Waals surface area contributed by atoms with Crippen LogP contribution in [0.3, 0.4) is 0 Å². The first-order valence-corrected chi connectivity index (χ1v) is 6.29. The number of nitrogens with zero attached hydrogens (tertiary/aromatic N) is 4. The van der Waals surface area contributed by atoms with Crippen LogP contribution in [0.2, 0.25) is 0 Å². The summed E-state index contributed by atoms with van der Waals surface area (Å²) in [5.74, 6) is 0. The van der Waals surface area contributed by atoms with Crippen molar-refractivity contribution in [2.45, 2.75) is 0 Å². The minimum Gasteiger partial charge on any atom is -0.393 e. The predicted octanol–water partition coefficient (Wildman–Crippen LogP) is 2.57. The Morgan fingerprint density at radius 3 is 1.64 bits per heavy atom. The van der Waals surface area contributed by atoms with Gasteiger partial charge in [-0.25, -0.2) is 0 Å². The number of rotatable bonds is 5. The third kappa shape index (κ3) is 3.14. The Bertz CT molecular complexity index is 941. The van der Waals surface area contributed by atoms with E-state index in [-0.39, 0.29) is 11.1 Å². The molecule has 25 heavy (non-hydrogen) atoms. The summed E-state index contributed by atoms with van der Waals surface area (Å²) in [6, 6.07) is 3.97. The Balaban J connectivity index is 2.85. The van der Waals surface area contributed by atoms with Crippen LogP contribution in [-0.4, -0.2) is 19.7 Å². The molecule has 13 heteroatoms. The fourth-order valence-corrected chi connectivity index (χ4v) is 2.11. The highest BCUT2D eigenvalue weighted by molar-refractivity contribution is 5.89. The lowest BCUT2D eigenvalue weighted by Crippen LogP contribution is -2.02. The van der Waals surface area contributed by atoms with E-state index in [4.69, 9.17) is 5.73 Å². The topological polar surface area (TPSA) is 199 Å². The molecule has 0 aliphatic carbocycles. The molecule has 13 nitrogen and oxygen atoms in total. The molecule has 0 aliphatic heterocycles. The Morgan fingerprint density at radius 1 is 0.640 bits per heavy atom.